The van der Waals surface area contributed by atoms with Gasteiger partial charge in [-0.15, -0.1) is 0 Å². The molecule has 0 aliphatic carbocycles. The van der Waals surface area contributed by atoms with Gasteiger partial charge in [-0.25, -0.2) is 13.4 Å². The Labute approximate surface area is 221 Å². The normalized spacial score (nSPS) is 17.0. The van der Waals surface area contributed by atoms with Crippen molar-refractivity contribution in [1.29, 1.82) is 0 Å². The van der Waals surface area contributed by atoms with Gasteiger partial charge in [0.25, 0.3) is 5.91 Å². The van der Waals surface area contributed by atoms with Crippen molar-refractivity contribution in [3.05, 3.63) is 76.4 Å². The van der Waals surface area contributed by atoms with Crippen molar-refractivity contribution >= 4 is 34.0 Å². The summed E-state index contributed by atoms with van der Waals surface area (Å²) in [4.78, 5) is 33.3. The molecule has 38 heavy (non-hydrogen) atoms. The van der Waals surface area contributed by atoms with E-state index in [0.29, 0.717) is 57.2 Å². The zero-order valence-corrected chi connectivity index (χ0v) is 21.8. The fourth-order valence-electron chi connectivity index (χ4n) is 4.97. The van der Waals surface area contributed by atoms with Gasteiger partial charge in [0.1, 0.15) is 5.69 Å². The van der Waals surface area contributed by atoms with Crippen LogP contribution in [0.1, 0.15) is 38.6 Å². The maximum atomic E-state index is 13.3. The molecule has 10 nitrogen and oxygen atoms in total. The molecule has 3 aliphatic heterocycles. The number of anilines is 1. The van der Waals surface area contributed by atoms with Crippen molar-refractivity contribution in [2.45, 2.75) is 19.6 Å². The number of fused-ring (bicyclic) bond motifs is 2. The molecule has 0 radical (unpaired) electrons. The van der Waals surface area contributed by atoms with Gasteiger partial charge in [-0.3, -0.25) is 24.7 Å². The molecule has 5 heterocycles. The molecular weight excluding hydrogens is 502 g/mol. The van der Waals surface area contributed by atoms with Crippen LogP contribution in [0.3, 0.4) is 0 Å². The second-order valence-corrected chi connectivity index (χ2v) is 11.7. The fraction of sp³-hybridized carbons (Fsp3) is 0.296. The minimum atomic E-state index is -3.18. The van der Waals surface area contributed by atoms with Crippen LogP contribution in [-0.2, 0) is 29.7 Å². The monoisotopic (exact) mass is 529 g/mol. The molecule has 2 aromatic heterocycles. The summed E-state index contributed by atoms with van der Waals surface area (Å²) in [7, 11) is -3.18. The second kappa shape index (κ2) is 9.82. The highest BCUT2D eigenvalue weighted by molar-refractivity contribution is 7.88. The number of aliphatic imine (C=N–C) groups is 2. The molecule has 0 spiro atoms. The predicted molar refractivity (Wildman–Crippen MR) is 146 cm³/mol. The molecule has 0 atom stereocenters. The van der Waals surface area contributed by atoms with E-state index in [1.807, 2.05) is 30.6 Å². The van der Waals surface area contributed by atoms with Gasteiger partial charge in [-0.1, -0.05) is 6.07 Å². The van der Waals surface area contributed by atoms with Crippen LogP contribution in [0.5, 0.6) is 0 Å². The first kappa shape index (κ1) is 24.5. The van der Waals surface area contributed by atoms with E-state index in [1.54, 1.807) is 12.3 Å². The standard InChI is InChI=1S/C27H27N7O3S/c1-38(36,37)34-7-5-33(6-8-34)17-22-3-2-4-24(31-22)27(35)32-25-11-18(9-20-12-28-15-23(20)25)19-10-21-13-29-16-26(21)30-14-19/h2-4,9-11,13-15H,5-8,12,16-17H2,1H3,(H,32,35). The van der Waals surface area contributed by atoms with Crippen LogP contribution in [0.15, 0.2) is 52.6 Å². The van der Waals surface area contributed by atoms with Crippen LogP contribution in [0.2, 0.25) is 0 Å². The predicted octanol–water partition coefficient (Wildman–Crippen LogP) is 2.34. The van der Waals surface area contributed by atoms with Gasteiger partial charge < -0.3 is 5.32 Å². The highest BCUT2D eigenvalue weighted by atomic mass is 32.2. The first-order valence-corrected chi connectivity index (χ1v) is 14.3. The minimum absolute atomic E-state index is 0.299. The summed E-state index contributed by atoms with van der Waals surface area (Å²) in [6.45, 7) is 3.86. The Kier molecular flexibility index (Phi) is 6.34. The number of carbonyl (C=O) groups is 1. The Balaban J connectivity index is 1.19. The largest absolute Gasteiger partial charge is 0.320 e. The summed E-state index contributed by atoms with van der Waals surface area (Å²) in [5.74, 6) is -0.299. The summed E-state index contributed by atoms with van der Waals surface area (Å²) in [6, 6.07) is 11.5. The number of sulfonamides is 1. The average molecular weight is 530 g/mol. The Hall–Kier alpha value is -3.80. The van der Waals surface area contributed by atoms with Crippen LogP contribution in [0.4, 0.5) is 5.69 Å². The van der Waals surface area contributed by atoms with Gasteiger partial charge in [-0.2, -0.15) is 4.31 Å². The molecule has 1 aromatic carbocycles. The summed E-state index contributed by atoms with van der Waals surface area (Å²) < 4.78 is 25.0. The zero-order chi connectivity index (χ0) is 26.3. The van der Waals surface area contributed by atoms with E-state index in [2.05, 4.69) is 42.3 Å². The molecule has 3 aromatic rings. The number of piperazine rings is 1. The molecule has 0 bridgehead atoms. The maximum Gasteiger partial charge on any atom is 0.274 e. The quantitative estimate of drug-likeness (QED) is 0.523. The van der Waals surface area contributed by atoms with Crippen molar-refractivity contribution < 1.29 is 13.2 Å². The maximum absolute atomic E-state index is 13.3. The van der Waals surface area contributed by atoms with E-state index in [4.69, 9.17) is 0 Å². The number of hydrogen-bond donors (Lipinski definition) is 1. The third kappa shape index (κ3) is 5.00. The topological polar surface area (TPSA) is 120 Å². The smallest absolute Gasteiger partial charge is 0.274 e. The minimum Gasteiger partial charge on any atom is -0.320 e. The third-order valence-electron chi connectivity index (χ3n) is 7.03. The third-order valence-corrected chi connectivity index (χ3v) is 8.33. The van der Waals surface area contributed by atoms with Gasteiger partial charge in [0, 0.05) is 68.0 Å². The van der Waals surface area contributed by atoms with E-state index >= 15 is 0 Å². The number of nitrogens with zero attached hydrogens (tertiary/aromatic N) is 6. The zero-order valence-electron chi connectivity index (χ0n) is 21.0. The van der Waals surface area contributed by atoms with Crippen LogP contribution in [0, 0.1) is 0 Å². The van der Waals surface area contributed by atoms with Crippen molar-refractivity contribution in [3.63, 3.8) is 0 Å². The average Bonchev–Trinajstić information content (AvgIpc) is 3.58. The lowest BCUT2D eigenvalue weighted by molar-refractivity contribution is 0.102. The molecular formula is C27H27N7O3S. The van der Waals surface area contributed by atoms with Crippen LogP contribution < -0.4 is 5.32 Å². The summed E-state index contributed by atoms with van der Waals surface area (Å²) in [6.07, 6.45) is 6.72. The Morgan fingerprint density at radius 3 is 2.63 bits per heavy atom. The molecule has 1 N–H and O–H groups in total. The highest BCUT2D eigenvalue weighted by Crippen LogP contribution is 2.32. The molecule has 0 unspecified atom stereocenters. The summed E-state index contributed by atoms with van der Waals surface area (Å²) in [5.41, 5.74) is 7.60. The molecule has 0 saturated carbocycles. The number of pyridine rings is 2. The molecule has 194 valence electrons. The molecule has 1 amide bonds. The van der Waals surface area contributed by atoms with Gasteiger partial charge in [0.05, 0.1) is 36.4 Å². The van der Waals surface area contributed by atoms with Crippen LogP contribution >= 0.6 is 0 Å². The summed E-state index contributed by atoms with van der Waals surface area (Å²) >= 11 is 0. The SMILES string of the molecule is CS(=O)(=O)N1CCN(Cc2cccc(C(=O)Nc3cc(-c4cnc5c(c4)C=NC5)cc4c3C=NC4)n2)CC1. The van der Waals surface area contributed by atoms with Crippen molar-refractivity contribution in [1.82, 2.24) is 19.2 Å². The van der Waals surface area contributed by atoms with E-state index in [-0.39, 0.29) is 5.91 Å². The van der Waals surface area contributed by atoms with Gasteiger partial charge in [0.2, 0.25) is 10.0 Å². The molecule has 11 heteroatoms. The first-order chi connectivity index (χ1) is 18.3. The lowest BCUT2D eigenvalue weighted by Gasteiger charge is -2.32. The molecule has 3 aliphatic rings. The Bertz CT molecular complexity index is 1590. The van der Waals surface area contributed by atoms with E-state index in [0.717, 1.165) is 39.2 Å². The number of nitrogens with one attached hydrogen (secondary N) is 1. The lowest BCUT2D eigenvalue weighted by Crippen LogP contribution is -2.47. The number of aromatic nitrogens is 2. The first-order valence-electron chi connectivity index (χ1n) is 12.4. The number of rotatable bonds is 6. The Morgan fingerprint density at radius 2 is 1.82 bits per heavy atom. The van der Waals surface area contributed by atoms with Crippen molar-refractivity contribution in [3.8, 4) is 11.1 Å². The Morgan fingerprint density at radius 1 is 1.00 bits per heavy atom. The molecule has 6 rings (SSSR count). The number of hydrogen-bond acceptors (Lipinski definition) is 8. The van der Waals surface area contributed by atoms with Crippen LogP contribution in [-0.4, -0.2) is 78.4 Å². The van der Waals surface area contributed by atoms with Crippen molar-refractivity contribution in [2.75, 3.05) is 37.8 Å². The fourth-order valence-corrected chi connectivity index (χ4v) is 5.80. The molecule has 1 saturated heterocycles. The van der Waals surface area contributed by atoms with E-state index in [1.165, 1.54) is 10.6 Å². The molecule has 1 fully saturated rings. The van der Waals surface area contributed by atoms with Gasteiger partial charge >= 0.3 is 0 Å². The van der Waals surface area contributed by atoms with Gasteiger partial charge in [0.15, 0.2) is 0 Å². The highest BCUT2D eigenvalue weighted by Gasteiger charge is 2.24. The summed E-state index contributed by atoms with van der Waals surface area (Å²) in [5, 5.41) is 3.05. The number of benzene rings is 1. The van der Waals surface area contributed by atoms with E-state index in [9.17, 15) is 13.2 Å². The van der Waals surface area contributed by atoms with Crippen molar-refractivity contribution in [2.24, 2.45) is 9.98 Å². The second-order valence-electron chi connectivity index (χ2n) is 9.70. The number of carbonyl (C=O) groups excluding carboxylic acids is 1. The lowest BCUT2D eigenvalue weighted by atomic mass is 9.98. The number of amides is 1. The van der Waals surface area contributed by atoms with E-state index < -0.39 is 10.0 Å². The van der Waals surface area contributed by atoms with Crippen LogP contribution in [0.25, 0.3) is 11.1 Å². The van der Waals surface area contributed by atoms with Gasteiger partial charge in [-0.05, 0) is 41.5 Å².